The van der Waals surface area contributed by atoms with Crippen LogP contribution in [-0.4, -0.2) is 33.8 Å². The molecule has 0 aromatic carbocycles. The van der Waals surface area contributed by atoms with Crippen molar-refractivity contribution in [2.75, 3.05) is 17.6 Å². The highest BCUT2D eigenvalue weighted by Gasteiger charge is 2.09. The van der Waals surface area contributed by atoms with Crippen molar-refractivity contribution < 1.29 is 4.79 Å². The summed E-state index contributed by atoms with van der Waals surface area (Å²) in [5, 5.41) is 11.1. The van der Waals surface area contributed by atoms with Crippen molar-refractivity contribution in [3.05, 3.63) is 5.69 Å². The Morgan fingerprint density at radius 1 is 1.53 bits per heavy atom. The largest absolute Gasteiger partial charge is 0.374 e. The lowest BCUT2D eigenvalue weighted by molar-refractivity contribution is -0.119. The molecule has 0 bridgehead atoms. The SMILES string of the molecule is CCNc1snnc1CSCC(=O)NC(C)C. The molecule has 1 rings (SSSR count). The first-order valence-corrected chi connectivity index (χ1v) is 7.48. The quantitative estimate of drug-likeness (QED) is 0.792. The molecule has 5 nitrogen and oxygen atoms in total. The van der Waals surface area contributed by atoms with Crippen LogP contribution in [0.25, 0.3) is 0 Å². The van der Waals surface area contributed by atoms with E-state index in [2.05, 4.69) is 20.2 Å². The van der Waals surface area contributed by atoms with E-state index in [1.807, 2.05) is 20.8 Å². The van der Waals surface area contributed by atoms with E-state index in [0.29, 0.717) is 11.5 Å². The van der Waals surface area contributed by atoms with Gasteiger partial charge in [-0.05, 0) is 20.8 Å². The zero-order chi connectivity index (χ0) is 12.7. The smallest absolute Gasteiger partial charge is 0.230 e. The van der Waals surface area contributed by atoms with Gasteiger partial charge in [0.25, 0.3) is 0 Å². The second-order valence-electron chi connectivity index (χ2n) is 3.79. The van der Waals surface area contributed by atoms with Crippen molar-refractivity contribution in [3.63, 3.8) is 0 Å². The van der Waals surface area contributed by atoms with Crippen LogP contribution >= 0.6 is 23.3 Å². The molecule has 0 spiro atoms. The molecule has 1 heterocycles. The van der Waals surface area contributed by atoms with E-state index in [-0.39, 0.29) is 11.9 Å². The standard InChI is InChI=1S/C10H18N4OS2/c1-4-11-10-8(13-14-17-10)5-16-6-9(15)12-7(2)3/h7,11H,4-6H2,1-3H3,(H,12,15). The summed E-state index contributed by atoms with van der Waals surface area (Å²) in [5.41, 5.74) is 0.930. The molecule has 96 valence electrons. The van der Waals surface area contributed by atoms with E-state index in [1.54, 1.807) is 11.8 Å². The first-order valence-electron chi connectivity index (χ1n) is 5.55. The number of hydrogen-bond donors (Lipinski definition) is 2. The molecule has 7 heteroatoms. The van der Waals surface area contributed by atoms with Crippen molar-refractivity contribution in [1.29, 1.82) is 0 Å². The number of rotatable bonds is 7. The van der Waals surface area contributed by atoms with Crippen LogP contribution < -0.4 is 10.6 Å². The second kappa shape index (κ2) is 7.50. The Hall–Kier alpha value is -0.820. The molecule has 0 aliphatic carbocycles. The molecule has 0 atom stereocenters. The van der Waals surface area contributed by atoms with Crippen LogP contribution in [0.1, 0.15) is 26.5 Å². The number of carbonyl (C=O) groups is 1. The number of carbonyl (C=O) groups excluding carboxylic acids is 1. The summed E-state index contributed by atoms with van der Waals surface area (Å²) >= 11 is 2.91. The molecular weight excluding hydrogens is 256 g/mol. The van der Waals surface area contributed by atoms with Crippen LogP contribution in [-0.2, 0) is 10.5 Å². The molecule has 0 saturated carbocycles. The van der Waals surface area contributed by atoms with E-state index < -0.39 is 0 Å². The monoisotopic (exact) mass is 274 g/mol. The van der Waals surface area contributed by atoms with Crippen molar-refractivity contribution in [3.8, 4) is 0 Å². The summed E-state index contributed by atoms with van der Waals surface area (Å²) in [6.45, 7) is 6.80. The minimum atomic E-state index is 0.0678. The van der Waals surface area contributed by atoms with Crippen LogP contribution in [0.15, 0.2) is 0 Å². The number of hydrogen-bond acceptors (Lipinski definition) is 6. The first-order chi connectivity index (χ1) is 8.13. The fourth-order valence-electron chi connectivity index (χ4n) is 1.20. The van der Waals surface area contributed by atoms with Gasteiger partial charge in [-0.2, -0.15) is 0 Å². The first kappa shape index (κ1) is 14.2. The molecule has 0 aliphatic rings. The van der Waals surface area contributed by atoms with Gasteiger partial charge < -0.3 is 10.6 Å². The van der Waals surface area contributed by atoms with E-state index in [0.717, 1.165) is 17.2 Å². The third kappa shape index (κ3) is 5.36. The molecule has 17 heavy (non-hydrogen) atoms. The molecule has 0 unspecified atom stereocenters. The normalized spacial score (nSPS) is 10.6. The highest BCUT2D eigenvalue weighted by atomic mass is 32.2. The Morgan fingerprint density at radius 2 is 2.29 bits per heavy atom. The molecule has 1 aromatic rings. The maximum atomic E-state index is 11.4. The van der Waals surface area contributed by atoms with E-state index in [1.165, 1.54) is 11.5 Å². The molecule has 0 saturated heterocycles. The third-order valence-electron chi connectivity index (χ3n) is 1.81. The zero-order valence-corrected chi connectivity index (χ0v) is 12.0. The molecule has 1 amide bonds. The zero-order valence-electron chi connectivity index (χ0n) is 10.3. The summed E-state index contributed by atoms with van der Waals surface area (Å²) in [4.78, 5) is 11.4. The van der Waals surface area contributed by atoms with Gasteiger partial charge in [0.15, 0.2) is 0 Å². The van der Waals surface area contributed by atoms with Gasteiger partial charge in [-0.15, -0.1) is 16.9 Å². The lowest BCUT2D eigenvalue weighted by Gasteiger charge is -2.07. The van der Waals surface area contributed by atoms with Gasteiger partial charge in [0, 0.05) is 29.9 Å². The van der Waals surface area contributed by atoms with Crippen molar-refractivity contribution >= 4 is 34.2 Å². The summed E-state index contributed by atoms with van der Waals surface area (Å²) in [5.74, 6) is 1.24. The molecule has 0 fully saturated rings. The molecule has 0 radical (unpaired) electrons. The number of thioether (sulfide) groups is 1. The number of anilines is 1. The lowest BCUT2D eigenvalue weighted by atomic mass is 10.4. The third-order valence-corrected chi connectivity index (χ3v) is 3.48. The average Bonchev–Trinajstić information content (AvgIpc) is 2.65. The van der Waals surface area contributed by atoms with Gasteiger partial charge in [-0.3, -0.25) is 4.79 Å². The van der Waals surface area contributed by atoms with E-state index in [4.69, 9.17) is 0 Å². The van der Waals surface area contributed by atoms with Crippen molar-refractivity contribution in [2.24, 2.45) is 0 Å². The highest BCUT2D eigenvalue weighted by molar-refractivity contribution is 7.99. The lowest BCUT2D eigenvalue weighted by Crippen LogP contribution is -2.31. The number of aromatic nitrogens is 2. The molecular formula is C10H18N4OS2. The van der Waals surface area contributed by atoms with Gasteiger partial charge in [-0.1, -0.05) is 4.49 Å². The highest BCUT2D eigenvalue weighted by Crippen LogP contribution is 2.21. The Bertz CT molecular complexity index is 354. The maximum Gasteiger partial charge on any atom is 0.230 e. The van der Waals surface area contributed by atoms with Crippen LogP contribution in [0.2, 0.25) is 0 Å². The summed E-state index contributed by atoms with van der Waals surface area (Å²) in [6, 6.07) is 0.196. The minimum Gasteiger partial charge on any atom is -0.374 e. The van der Waals surface area contributed by atoms with Crippen molar-refractivity contribution in [2.45, 2.75) is 32.6 Å². The summed E-state index contributed by atoms with van der Waals surface area (Å²) in [7, 11) is 0. The molecule has 0 aliphatic heterocycles. The maximum absolute atomic E-state index is 11.4. The fraction of sp³-hybridized carbons (Fsp3) is 0.700. The van der Waals surface area contributed by atoms with Crippen LogP contribution in [0.3, 0.4) is 0 Å². The minimum absolute atomic E-state index is 0.0678. The van der Waals surface area contributed by atoms with E-state index >= 15 is 0 Å². The van der Waals surface area contributed by atoms with Gasteiger partial charge in [0.1, 0.15) is 10.7 Å². The molecule has 1 aromatic heterocycles. The summed E-state index contributed by atoms with van der Waals surface area (Å²) < 4.78 is 3.90. The Kier molecular flexibility index (Phi) is 6.28. The Morgan fingerprint density at radius 3 is 2.94 bits per heavy atom. The summed E-state index contributed by atoms with van der Waals surface area (Å²) in [6.07, 6.45) is 0. The Balaban J connectivity index is 2.30. The Labute approximate surface area is 110 Å². The number of nitrogens with one attached hydrogen (secondary N) is 2. The second-order valence-corrected chi connectivity index (χ2v) is 5.53. The molecule has 2 N–H and O–H groups in total. The van der Waals surface area contributed by atoms with Gasteiger partial charge >= 0.3 is 0 Å². The van der Waals surface area contributed by atoms with Crippen LogP contribution in [0.4, 0.5) is 5.00 Å². The van der Waals surface area contributed by atoms with Crippen LogP contribution in [0.5, 0.6) is 0 Å². The van der Waals surface area contributed by atoms with Gasteiger partial charge in [-0.25, -0.2) is 0 Å². The predicted molar refractivity (Wildman–Crippen MR) is 73.5 cm³/mol. The van der Waals surface area contributed by atoms with Gasteiger partial charge in [0.2, 0.25) is 5.91 Å². The van der Waals surface area contributed by atoms with Crippen LogP contribution in [0, 0.1) is 0 Å². The average molecular weight is 274 g/mol. The fourth-order valence-corrected chi connectivity index (χ4v) is 2.71. The number of amides is 1. The topological polar surface area (TPSA) is 66.9 Å². The number of nitrogens with zero attached hydrogens (tertiary/aromatic N) is 2. The predicted octanol–water partition coefficient (Wildman–Crippen LogP) is 1.73. The van der Waals surface area contributed by atoms with Crippen molar-refractivity contribution in [1.82, 2.24) is 14.9 Å². The van der Waals surface area contributed by atoms with Gasteiger partial charge in [0.05, 0.1) is 5.75 Å². The van der Waals surface area contributed by atoms with E-state index in [9.17, 15) is 4.79 Å².